The second-order valence-electron chi connectivity index (χ2n) is 5.64. The topological polar surface area (TPSA) is 15.3 Å². The van der Waals surface area contributed by atoms with Gasteiger partial charge >= 0.3 is 0 Å². The van der Waals surface area contributed by atoms with Gasteiger partial charge in [0.2, 0.25) is 0 Å². The summed E-state index contributed by atoms with van der Waals surface area (Å²) >= 11 is 12.5. The zero-order valence-electron chi connectivity index (χ0n) is 13.8. The van der Waals surface area contributed by atoms with Crippen LogP contribution >= 0.6 is 23.2 Å². The molecule has 0 fully saturated rings. The average molecular weight is 331 g/mol. The van der Waals surface area contributed by atoms with Crippen molar-refractivity contribution in [2.75, 3.05) is 20.1 Å². The first-order valence-electron chi connectivity index (χ1n) is 7.79. The van der Waals surface area contributed by atoms with E-state index in [0.29, 0.717) is 16.1 Å². The number of nitrogens with one attached hydrogen (secondary N) is 1. The summed E-state index contributed by atoms with van der Waals surface area (Å²) in [5.74, 6) is 0. The molecule has 0 spiro atoms. The molecule has 1 rings (SSSR count). The Bertz CT molecular complexity index is 446. The molecule has 0 aliphatic heterocycles. The molecule has 0 aliphatic carbocycles. The van der Waals surface area contributed by atoms with E-state index in [-0.39, 0.29) is 5.54 Å². The Balaban J connectivity index is 3.08. The van der Waals surface area contributed by atoms with Crippen molar-refractivity contribution in [1.29, 1.82) is 0 Å². The van der Waals surface area contributed by atoms with E-state index in [2.05, 4.69) is 44.0 Å². The van der Waals surface area contributed by atoms with Crippen LogP contribution in [0.25, 0.3) is 0 Å². The number of hydrogen-bond donors (Lipinski definition) is 1. The minimum absolute atomic E-state index is 0.0872. The third-order valence-corrected chi connectivity index (χ3v) is 5.61. The molecule has 0 radical (unpaired) electrons. The SMILES string of the molecule is CCN(CC)C(C)(CC)C(Cc1cccc(Cl)c1Cl)NC. The van der Waals surface area contributed by atoms with Gasteiger partial charge in [0, 0.05) is 11.6 Å². The molecule has 0 amide bonds. The standard InChI is InChI=1S/C17H28Cl2N2/c1-6-17(4,21(7-2)8-3)15(20-5)12-13-10-9-11-14(18)16(13)19/h9-11,15,20H,6-8,12H2,1-5H3. The molecular formula is C17H28Cl2N2. The summed E-state index contributed by atoms with van der Waals surface area (Å²) in [4.78, 5) is 2.52. The second kappa shape index (κ2) is 8.38. The van der Waals surface area contributed by atoms with Gasteiger partial charge in [0.25, 0.3) is 0 Å². The van der Waals surface area contributed by atoms with Crippen molar-refractivity contribution in [2.45, 2.75) is 52.1 Å². The molecule has 4 heteroatoms. The Morgan fingerprint density at radius 3 is 2.29 bits per heavy atom. The van der Waals surface area contributed by atoms with Gasteiger partial charge < -0.3 is 5.32 Å². The van der Waals surface area contributed by atoms with E-state index in [9.17, 15) is 0 Å². The van der Waals surface area contributed by atoms with Crippen LogP contribution in [0.4, 0.5) is 0 Å². The lowest BCUT2D eigenvalue weighted by Crippen LogP contribution is -2.59. The summed E-state index contributed by atoms with van der Waals surface area (Å²) < 4.78 is 0. The zero-order valence-corrected chi connectivity index (χ0v) is 15.4. The van der Waals surface area contributed by atoms with Gasteiger partial charge in [0.05, 0.1) is 10.0 Å². The van der Waals surface area contributed by atoms with Gasteiger partial charge in [-0.15, -0.1) is 0 Å². The van der Waals surface area contributed by atoms with Crippen molar-refractivity contribution < 1.29 is 0 Å². The Morgan fingerprint density at radius 2 is 1.81 bits per heavy atom. The molecule has 1 N–H and O–H groups in total. The molecule has 0 bridgehead atoms. The molecule has 1 aromatic rings. The van der Waals surface area contributed by atoms with Crippen LogP contribution in [0.2, 0.25) is 10.0 Å². The molecule has 21 heavy (non-hydrogen) atoms. The first kappa shape index (κ1) is 18.8. The Morgan fingerprint density at radius 1 is 1.19 bits per heavy atom. The minimum atomic E-state index is 0.0872. The third kappa shape index (κ3) is 4.13. The fourth-order valence-electron chi connectivity index (χ4n) is 3.20. The minimum Gasteiger partial charge on any atom is -0.315 e. The highest BCUT2D eigenvalue weighted by Gasteiger charge is 2.36. The summed E-state index contributed by atoms with van der Waals surface area (Å²) in [5.41, 5.74) is 1.19. The normalized spacial score (nSPS) is 16.0. The Hall–Kier alpha value is -0.280. The van der Waals surface area contributed by atoms with E-state index in [1.54, 1.807) is 0 Å². The molecule has 2 atom stereocenters. The molecule has 0 aliphatic rings. The average Bonchev–Trinajstić information content (AvgIpc) is 2.49. The molecule has 0 saturated carbocycles. The maximum atomic E-state index is 6.36. The van der Waals surface area contributed by atoms with E-state index in [4.69, 9.17) is 23.2 Å². The quantitative estimate of drug-likeness (QED) is 0.747. The number of halogens is 2. The predicted molar refractivity (Wildman–Crippen MR) is 94.6 cm³/mol. The molecule has 120 valence electrons. The van der Waals surface area contributed by atoms with E-state index in [0.717, 1.165) is 31.5 Å². The highest BCUT2D eigenvalue weighted by Crippen LogP contribution is 2.30. The summed E-state index contributed by atoms with van der Waals surface area (Å²) in [6, 6.07) is 6.19. The van der Waals surface area contributed by atoms with E-state index in [1.165, 1.54) is 0 Å². The van der Waals surface area contributed by atoms with Crippen molar-refractivity contribution >= 4 is 23.2 Å². The lowest BCUT2D eigenvalue weighted by atomic mass is 9.83. The summed E-state index contributed by atoms with van der Waals surface area (Å²) in [7, 11) is 2.03. The van der Waals surface area contributed by atoms with Gasteiger partial charge in [-0.3, -0.25) is 4.90 Å². The van der Waals surface area contributed by atoms with E-state index >= 15 is 0 Å². The number of rotatable bonds is 8. The van der Waals surface area contributed by atoms with Crippen LogP contribution in [0.15, 0.2) is 18.2 Å². The Kier molecular flexibility index (Phi) is 7.49. The van der Waals surface area contributed by atoms with E-state index < -0.39 is 0 Å². The lowest BCUT2D eigenvalue weighted by Gasteiger charge is -2.46. The predicted octanol–water partition coefficient (Wildman–Crippen LogP) is 4.63. The van der Waals surface area contributed by atoms with Crippen molar-refractivity contribution in [2.24, 2.45) is 0 Å². The molecular weight excluding hydrogens is 303 g/mol. The first-order valence-corrected chi connectivity index (χ1v) is 8.55. The summed E-state index contributed by atoms with van der Waals surface area (Å²) in [6.45, 7) is 11.1. The fourth-order valence-corrected chi connectivity index (χ4v) is 3.59. The maximum absolute atomic E-state index is 6.36. The van der Waals surface area contributed by atoms with Gasteiger partial charge in [0.15, 0.2) is 0 Å². The van der Waals surface area contributed by atoms with E-state index in [1.807, 2.05) is 19.2 Å². The van der Waals surface area contributed by atoms with Gasteiger partial charge in [0.1, 0.15) is 0 Å². The smallest absolute Gasteiger partial charge is 0.0624 e. The van der Waals surface area contributed by atoms with Crippen molar-refractivity contribution in [3.05, 3.63) is 33.8 Å². The lowest BCUT2D eigenvalue weighted by molar-refractivity contribution is 0.0730. The molecule has 1 aromatic carbocycles. The van der Waals surface area contributed by atoms with Gasteiger partial charge in [-0.05, 0) is 51.5 Å². The number of benzene rings is 1. The fraction of sp³-hybridized carbons (Fsp3) is 0.647. The zero-order chi connectivity index (χ0) is 16.0. The van der Waals surface area contributed by atoms with Gasteiger partial charge in [-0.1, -0.05) is 56.1 Å². The number of hydrogen-bond acceptors (Lipinski definition) is 2. The number of likely N-dealkylation sites (N-methyl/N-ethyl adjacent to an activating group) is 2. The summed E-state index contributed by atoms with van der Waals surface area (Å²) in [6.07, 6.45) is 1.95. The third-order valence-electron chi connectivity index (χ3n) is 4.76. The molecule has 2 nitrogen and oxygen atoms in total. The van der Waals surface area contributed by atoms with Crippen LogP contribution in [0.3, 0.4) is 0 Å². The molecule has 0 aromatic heterocycles. The largest absolute Gasteiger partial charge is 0.315 e. The highest BCUT2D eigenvalue weighted by atomic mass is 35.5. The van der Waals surface area contributed by atoms with Crippen LogP contribution in [-0.2, 0) is 6.42 Å². The monoisotopic (exact) mass is 330 g/mol. The van der Waals surface area contributed by atoms with Crippen LogP contribution in [0.1, 0.15) is 39.7 Å². The van der Waals surface area contributed by atoms with Gasteiger partial charge in [-0.25, -0.2) is 0 Å². The van der Waals surface area contributed by atoms with Gasteiger partial charge in [-0.2, -0.15) is 0 Å². The van der Waals surface area contributed by atoms with Crippen molar-refractivity contribution in [3.63, 3.8) is 0 Å². The van der Waals surface area contributed by atoms with Crippen LogP contribution in [0, 0.1) is 0 Å². The molecule has 2 unspecified atom stereocenters. The van der Waals surface area contributed by atoms with Crippen molar-refractivity contribution in [3.8, 4) is 0 Å². The molecule has 0 saturated heterocycles. The maximum Gasteiger partial charge on any atom is 0.0624 e. The number of nitrogens with zero attached hydrogens (tertiary/aromatic N) is 1. The molecule has 0 heterocycles. The highest BCUT2D eigenvalue weighted by molar-refractivity contribution is 6.42. The van der Waals surface area contributed by atoms with Crippen molar-refractivity contribution in [1.82, 2.24) is 10.2 Å². The second-order valence-corrected chi connectivity index (χ2v) is 6.43. The first-order chi connectivity index (χ1) is 9.94. The summed E-state index contributed by atoms with van der Waals surface area (Å²) in [5, 5.41) is 4.80. The Labute approximate surface area is 139 Å². The van der Waals surface area contributed by atoms with Crippen LogP contribution in [0.5, 0.6) is 0 Å². The van der Waals surface area contributed by atoms with Crippen LogP contribution < -0.4 is 5.32 Å². The van der Waals surface area contributed by atoms with Crippen LogP contribution in [-0.4, -0.2) is 36.6 Å².